The van der Waals surface area contributed by atoms with E-state index in [1.807, 2.05) is 6.92 Å². The van der Waals surface area contributed by atoms with Gasteiger partial charge in [0.25, 0.3) is 0 Å². The molecule has 0 aromatic heterocycles. The van der Waals surface area contributed by atoms with Crippen molar-refractivity contribution in [3.63, 3.8) is 0 Å². The molecule has 17 heavy (non-hydrogen) atoms. The van der Waals surface area contributed by atoms with Gasteiger partial charge < -0.3 is 12.5 Å². The van der Waals surface area contributed by atoms with Gasteiger partial charge in [-0.15, -0.1) is 0 Å². The zero-order valence-electron chi connectivity index (χ0n) is 8.01. The third-order valence-electron chi connectivity index (χ3n) is 0.694. The molecule has 104 valence electrons. The fourth-order valence-corrected chi connectivity index (χ4v) is 0.335. The summed E-state index contributed by atoms with van der Waals surface area (Å²) in [7, 11) is 3.15. The Hall–Kier alpha value is -0.278. The summed E-state index contributed by atoms with van der Waals surface area (Å²) >= 11 is 0. The molecule has 0 aliphatic rings. The molecule has 0 aromatic rings. The first-order chi connectivity index (χ1) is 5.41. The van der Waals surface area contributed by atoms with E-state index in [0.717, 1.165) is 0 Å². The first-order valence-corrected chi connectivity index (χ1v) is 3.20. The third kappa shape index (κ3) is 49.6. The zero-order valence-corrected chi connectivity index (χ0v) is 12.2. The normalized spacial score (nSPS) is 8.06. The van der Waals surface area contributed by atoms with Gasteiger partial charge in [-0.1, -0.05) is 29.7 Å². The van der Waals surface area contributed by atoms with Crippen LogP contribution in [0.25, 0.3) is 0 Å². The summed E-state index contributed by atoms with van der Waals surface area (Å²) in [5, 5.41) is 21.3. The largest absolute Gasteiger partial charge is 2.00 e. The summed E-state index contributed by atoms with van der Waals surface area (Å²) in [6.07, 6.45) is 0. The van der Waals surface area contributed by atoms with Crippen LogP contribution in [0.2, 0.25) is 0 Å². The average Bonchev–Trinajstić information content (AvgIpc) is 2.03. The van der Waals surface area contributed by atoms with E-state index < -0.39 is 0 Å². The standard InChI is InChI=1S/C5H11N6.4CH4.CH3.U/c1-3-7-9-5-11-10-4-8-6-2;;;;;;/h2-5H2,1H3;4*1H4;1H3;/q-1;;;;;-1;+2. The monoisotopic (exact) mass is 472 g/mol. The molecule has 0 atom stereocenters. The van der Waals surface area contributed by atoms with E-state index in [-0.39, 0.29) is 81.6 Å². The van der Waals surface area contributed by atoms with Crippen LogP contribution in [0.4, 0.5) is 0 Å². The smallest absolute Gasteiger partial charge is 0.358 e. The Morgan fingerprint density at radius 1 is 0.765 bits per heavy atom. The predicted octanol–water partition coefficient (Wildman–Crippen LogP) is 5.06. The van der Waals surface area contributed by atoms with Gasteiger partial charge in [0.05, 0.1) is 6.54 Å². The summed E-state index contributed by atoms with van der Waals surface area (Å²) < 4.78 is 0. The third-order valence-corrected chi connectivity index (χ3v) is 0.694. The van der Waals surface area contributed by atoms with Crippen LogP contribution in [-0.4, -0.2) is 19.9 Å². The summed E-state index contributed by atoms with van der Waals surface area (Å²) in [5.74, 6) is 0. The van der Waals surface area contributed by atoms with Crippen LogP contribution in [0.3, 0.4) is 0 Å². The maximum absolute atomic E-state index is 3.69. The SMILES string of the molecule is C.C.C.C.[CH2-]N=NCN=NCN=NCC.[CH3-].[U+2]. The molecule has 7 heteroatoms. The molecule has 0 heterocycles. The van der Waals surface area contributed by atoms with Gasteiger partial charge in [0.15, 0.2) is 13.3 Å². The van der Waals surface area contributed by atoms with Gasteiger partial charge in [0.2, 0.25) is 0 Å². The number of nitrogens with zero attached hydrogens (tertiary/aromatic N) is 6. The molecule has 0 aliphatic heterocycles. The van der Waals surface area contributed by atoms with Crippen LogP contribution in [-0.2, 0) is 0 Å². The van der Waals surface area contributed by atoms with Gasteiger partial charge in [-0.3, -0.25) is 7.05 Å². The minimum atomic E-state index is 0. The van der Waals surface area contributed by atoms with Crippen molar-refractivity contribution in [2.24, 2.45) is 30.7 Å². The molecule has 0 radical (unpaired) electrons. The molecular formula is C10H30N6U. The maximum atomic E-state index is 3.69. The van der Waals surface area contributed by atoms with Gasteiger partial charge in [0.1, 0.15) is 0 Å². The molecule has 0 N–H and O–H groups in total. The topological polar surface area (TPSA) is 74.2 Å². The fourth-order valence-electron chi connectivity index (χ4n) is 0.335. The maximum Gasteiger partial charge on any atom is 2.00 e. The van der Waals surface area contributed by atoms with E-state index >= 15 is 0 Å². The first-order valence-electron chi connectivity index (χ1n) is 3.20. The van der Waals surface area contributed by atoms with Gasteiger partial charge in [0, 0.05) is 0 Å². The van der Waals surface area contributed by atoms with Gasteiger partial charge >= 0.3 is 31.1 Å². The Morgan fingerprint density at radius 2 is 1.12 bits per heavy atom. The molecule has 0 aliphatic carbocycles. The van der Waals surface area contributed by atoms with Crippen molar-refractivity contribution in [2.45, 2.75) is 36.6 Å². The first kappa shape index (κ1) is 43.7. The van der Waals surface area contributed by atoms with Crippen molar-refractivity contribution in [1.82, 2.24) is 0 Å². The summed E-state index contributed by atoms with van der Waals surface area (Å²) in [5.41, 5.74) is 0. The Kier molecular flexibility index (Phi) is 115. The van der Waals surface area contributed by atoms with Crippen molar-refractivity contribution in [3.8, 4) is 0 Å². The molecular weight excluding hydrogens is 442 g/mol. The summed E-state index contributed by atoms with van der Waals surface area (Å²) in [4.78, 5) is 0. The average molecular weight is 472 g/mol. The number of rotatable bonds is 5. The van der Waals surface area contributed by atoms with Gasteiger partial charge in [-0.2, -0.15) is 25.6 Å². The second kappa shape index (κ2) is 44.8. The van der Waals surface area contributed by atoms with Gasteiger partial charge in [-0.05, 0) is 6.92 Å². The summed E-state index contributed by atoms with van der Waals surface area (Å²) in [6.45, 7) is 3.05. The second-order valence-electron chi connectivity index (χ2n) is 1.45. The molecule has 0 unspecified atom stereocenters. The molecule has 0 fully saturated rings. The Balaban J connectivity index is -0.0000000333. The minimum absolute atomic E-state index is 0. The zero-order chi connectivity index (χ0) is 8.36. The molecule has 0 amide bonds. The van der Waals surface area contributed by atoms with Crippen molar-refractivity contribution in [2.75, 3.05) is 19.9 Å². The number of azo groups is 3. The van der Waals surface area contributed by atoms with Crippen molar-refractivity contribution in [3.05, 3.63) is 14.5 Å². The molecule has 0 saturated heterocycles. The van der Waals surface area contributed by atoms with Gasteiger partial charge in [-0.25, -0.2) is 0 Å². The Bertz CT molecular complexity index is 159. The van der Waals surface area contributed by atoms with E-state index in [0.29, 0.717) is 6.54 Å². The van der Waals surface area contributed by atoms with E-state index in [9.17, 15) is 0 Å². The van der Waals surface area contributed by atoms with Crippen LogP contribution < -0.4 is 0 Å². The van der Waals surface area contributed by atoms with Crippen molar-refractivity contribution in [1.29, 1.82) is 0 Å². The van der Waals surface area contributed by atoms with Crippen LogP contribution in [0, 0.1) is 45.6 Å². The van der Waals surface area contributed by atoms with E-state index in [2.05, 4.69) is 37.7 Å². The van der Waals surface area contributed by atoms with Crippen LogP contribution in [0.15, 0.2) is 30.7 Å². The fraction of sp³-hybridized carbons (Fsp3) is 0.800. The summed E-state index contributed by atoms with van der Waals surface area (Å²) in [6, 6.07) is 0. The van der Waals surface area contributed by atoms with Crippen LogP contribution in [0.1, 0.15) is 36.6 Å². The molecule has 0 bridgehead atoms. The molecule has 0 rings (SSSR count). The quantitative estimate of drug-likeness (QED) is 0.396. The second-order valence-corrected chi connectivity index (χ2v) is 1.45. The van der Waals surface area contributed by atoms with Crippen molar-refractivity contribution < 1.29 is 31.1 Å². The Morgan fingerprint density at radius 3 is 1.47 bits per heavy atom. The molecule has 0 aromatic carbocycles. The Labute approximate surface area is 132 Å². The molecule has 6 nitrogen and oxygen atoms in total. The van der Waals surface area contributed by atoms with Crippen LogP contribution >= 0.6 is 0 Å². The molecule has 0 saturated carbocycles. The van der Waals surface area contributed by atoms with Crippen molar-refractivity contribution >= 4 is 0 Å². The van der Waals surface area contributed by atoms with E-state index in [1.54, 1.807) is 0 Å². The number of hydrogen-bond acceptors (Lipinski definition) is 6. The predicted molar refractivity (Wildman–Crippen MR) is 73.5 cm³/mol. The van der Waals surface area contributed by atoms with E-state index in [4.69, 9.17) is 0 Å². The van der Waals surface area contributed by atoms with Crippen LogP contribution in [0.5, 0.6) is 0 Å². The van der Waals surface area contributed by atoms with E-state index in [1.165, 1.54) is 0 Å². The number of hydrogen-bond donors (Lipinski definition) is 0. The minimum Gasteiger partial charge on any atom is -0.358 e. The molecule has 0 spiro atoms.